The largest absolute Gasteiger partial charge is 0.508 e. The highest BCUT2D eigenvalue weighted by atomic mass is 35.5. The van der Waals surface area contributed by atoms with Gasteiger partial charge < -0.3 is 15.3 Å². The molecule has 0 amide bonds. The molecule has 8 heteroatoms. The van der Waals surface area contributed by atoms with Gasteiger partial charge >= 0.3 is 0 Å². The third kappa shape index (κ3) is 3.22. The predicted molar refractivity (Wildman–Crippen MR) is 118 cm³/mol. The highest BCUT2D eigenvalue weighted by Crippen LogP contribution is 2.49. The molecule has 1 aromatic carbocycles. The minimum absolute atomic E-state index is 0.00143. The van der Waals surface area contributed by atoms with Gasteiger partial charge in [-0.1, -0.05) is 11.6 Å². The summed E-state index contributed by atoms with van der Waals surface area (Å²) in [5.41, 5.74) is 1.84. The van der Waals surface area contributed by atoms with Crippen LogP contribution in [0.25, 0.3) is 22.2 Å². The Morgan fingerprint density at radius 2 is 1.87 bits per heavy atom. The molecule has 160 valence electrons. The summed E-state index contributed by atoms with van der Waals surface area (Å²) < 4.78 is 15.9. The van der Waals surface area contributed by atoms with Gasteiger partial charge in [0.1, 0.15) is 28.6 Å². The van der Waals surface area contributed by atoms with Gasteiger partial charge in [-0.2, -0.15) is 0 Å². The van der Waals surface area contributed by atoms with Crippen LogP contribution in [-0.2, 0) is 0 Å². The number of rotatable bonds is 3. The summed E-state index contributed by atoms with van der Waals surface area (Å²) in [6, 6.07) is 3.95. The van der Waals surface area contributed by atoms with E-state index in [1.807, 2.05) is 0 Å². The zero-order chi connectivity index (χ0) is 21.3. The molecule has 2 aliphatic heterocycles. The van der Waals surface area contributed by atoms with Crippen LogP contribution in [0.15, 0.2) is 18.3 Å². The highest BCUT2D eigenvalue weighted by Gasteiger charge is 2.34. The molecule has 2 N–H and O–H groups in total. The number of halogens is 2. The second kappa shape index (κ2) is 7.00. The van der Waals surface area contributed by atoms with E-state index < -0.39 is 5.82 Å². The lowest BCUT2D eigenvalue weighted by Gasteiger charge is -2.34. The van der Waals surface area contributed by atoms with Gasteiger partial charge in [-0.05, 0) is 56.2 Å². The van der Waals surface area contributed by atoms with Crippen molar-refractivity contribution in [1.82, 2.24) is 20.3 Å². The molecule has 0 spiro atoms. The number of phenolic OH excluding ortho intramolecular Hbond substituents is 1. The van der Waals surface area contributed by atoms with Crippen molar-refractivity contribution in [3.05, 3.63) is 40.6 Å². The molecule has 2 saturated heterocycles. The zero-order valence-corrected chi connectivity index (χ0v) is 18.0. The Morgan fingerprint density at radius 1 is 1.13 bits per heavy atom. The molecule has 31 heavy (non-hydrogen) atoms. The third-order valence-corrected chi connectivity index (χ3v) is 6.96. The molecule has 6 rings (SSSR count). The van der Waals surface area contributed by atoms with Gasteiger partial charge in [0, 0.05) is 42.0 Å². The molecule has 3 aliphatic rings. The van der Waals surface area contributed by atoms with Crippen LogP contribution < -0.4 is 10.2 Å². The van der Waals surface area contributed by atoms with Gasteiger partial charge in [-0.3, -0.25) is 4.98 Å². The van der Waals surface area contributed by atoms with Crippen LogP contribution in [0.1, 0.15) is 43.0 Å². The van der Waals surface area contributed by atoms with E-state index in [0.29, 0.717) is 33.9 Å². The fraction of sp³-hybridized carbons (Fsp3) is 0.435. The molecule has 2 atom stereocenters. The lowest BCUT2D eigenvalue weighted by atomic mass is 9.98. The lowest BCUT2D eigenvalue weighted by molar-refractivity contribution is 0.464. The molecule has 3 aromatic rings. The number of benzene rings is 1. The Labute approximate surface area is 184 Å². The van der Waals surface area contributed by atoms with Gasteiger partial charge in [0.2, 0.25) is 0 Å². The fourth-order valence-electron chi connectivity index (χ4n) is 5.14. The first-order valence-corrected chi connectivity index (χ1v) is 11.2. The van der Waals surface area contributed by atoms with Crippen molar-refractivity contribution >= 4 is 28.3 Å². The smallest absolute Gasteiger partial charge is 0.175 e. The zero-order valence-electron chi connectivity index (χ0n) is 17.2. The van der Waals surface area contributed by atoms with Crippen molar-refractivity contribution in [1.29, 1.82) is 0 Å². The molecule has 1 aliphatic carbocycles. The number of hydrogen-bond acceptors (Lipinski definition) is 6. The number of nitrogens with zero attached hydrogens (tertiary/aromatic N) is 4. The number of pyridine rings is 1. The Kier molecular flexibility index (Phi) is 4.34. The van der Waals surface area contributed by atoms with Crippen molar-refractivity contribution < 1.29 is 9.50 Å². The summed E-state index contributed by atoms with van der Waals surface area (Å²) in [7, 11) is 0. The first-order valence-electron chi connectivity index (χ1n) is 10.8. The van der Waals surface area contributed by atoms with E-state index in [9.17, 15) is 5.11 Å². The summed E-state index contributed by atoms with van der Waals surface area (Å²) in [4.78, 5) is 15.8. The molecular weight excluding hydrogens is 417 g/mol. The van der Waals surface area contributed by atoms with Crippen LogP contribution in [0.4, 0.5) is 10.2 Å². The Bertz CT molecular complexity index is 1200. The number of phenols is 1. The Balaban J connectivity index is 1.52. The first-order chi connectivity index (χ1) is 15.0. The maximum Gasteiger partial charge on any atom is 0.175 e. The fourth-order valence-corrected chi connectivity index (χ4v) is 5.50. The minimum Gasteiger partial charge on any atom is -0.508 e. The van der Waals surface area contributed by atoms with Gasteiger partial charge in [0.15, 0.2) is 5.82 Å². The van der Waals surface area contributed by atoms with Crippen molar-refractivity contribution in [2.45, 2.75) is 50.6 Å². The number of anilines is 1. The summed E-state index contributed by atoms with van der Waals surface area (Å²) in [6.07, 6.45) is 5.98. The Morgan fingerprint density at radius 3 is 2.58 bits per heavy atom. The van der Waals surface area contributed by atoms with Crippen molar-refractivity contribution in [2.75, 3.05) is 18.0 Å². The number of nitrogens with one attached hydrogen (secondary N) is 1. The number of hydrogen-bond donors (Lipinski definition) is 2. The van der Waals surface area contributed by atoms with E-state index >= 15 is 4.39 Å². The number of aryl methyl sites for hydroxylation is 1. The summed E-state index contributed by atoms with van der Waals surface area (Å²) >= 11 is 6.43. The quantitative estimate of drug-likeness (QED) is 0.633. The normalized spacial score (nSPS) is 23.0. The lowest BCUT2D eigenvalue weighted by Crippen LogP contribution is -2.51. The molecule has 0 radical (unpaired) electrons. The van der Waals surface area contributed by atoms with E-state index in [4.69, 9.17) is 11.6 Å². The summed E-state index contributed by atoms with van der Waals surface area (Å²) in [5.74, 6) is 1.06. The van der Waals surface area contributed by atoms with Crippen molar-refractivity contribution in [2.24, 2.45) is 0 Å². The van der Waals surface area contributed by atoms with E-state index in [2.05, 4.69) is 25.2 Å². The van der Waals surface area contributed by atoms with Crippen LogP contribution in [0.3, 0.4) is 0 Å². The van der Waals surface area contributed by atoms with E-state index in [-0.39, 0.29) is 22.9 Å². The second-order valence-electron chi connectivity index (χ2n) is 8.98. The number of piperazine rings is 1. The molecule has 1 saturated carbocycles. The minimum atomic E-state index is -0.495. The van der Waals surface area contributed by atoms with Gasteiger partial charge in [-0.15, -0.1) is 0 Å². The van der Waals surface area contributed by atoms with Crippen LogP contribution in [0.2, 0.25) is 5.02 Å². The molecule has 2 unspecified atom stereocenters. The van der Waals surface area contributed by atoms with Crippen molar-refractivity contribution in [3.8, 4) is 17.0 Å². The third-order valence-electron chi connectivity index (χ3n) is 6.65. The second-order valence-corrected chi connectivity index (χ2v) is 9.39. The SMILES string of the molecule is Cc1nc(N2CC3CCC(C2)N3)c2cnc(-c3cc(O)cc(Cl)c3C3CC3)c(F)c2n1. The van der Waals surface area contributed by atoms with Crippen LogP contribution in [0.5, 0.6) is 5.75 Å². The highest BCUT2D eigenvalue weighted by molar-refractivity contribution is 6.32. The number of fused-ring (bicyclic) bond motifs is 3. The maximum atomic E-state index is 15.9. The number of aromatic hydroxyl groups is 1. The summed E-state index contributed by atoms with van der Waals surface area (Å²) in [5, 5.41) is 14.8. The van der Waals surface area contributed by atoms with E-state index in [1.165, 1.54) is 6.07 Å². The van der Waals surface area contributed by atoms with Crippen LogP contribution in [0, 0.1) is 12.7 Å². The van der Waals surface area contributed by atoms with Crippen LogP contribution in [-0.4, -0.2) is 45.2 Å². The van der Waals surface area contributed by atoms with Gasteiger partial charge in [-0.25, -0.2) is 14.4 Å². The Hall–Kier alpha value is -2.51. The maximum absolute atomic E-state index is 15.9. The topological polar surface area (TPSA) is 74.2 Å². The van der Waals surface area contributed by atoms with E-state index in [0.717, 1.165) is 50.2 Å². The average Bonchev–Trinajstić information content (AvgIpc) is 3.51. The van der Waals surface area contributed by atoms with Gasteiger partial charge in [0.05, 0.1) is 5.39 Å². The molecule has 3 fully saturated rings. The predicted octanol–water partition coefficient (Wildman–Crippen LogP) is 4.32. The van der Waals surface area contributed by atoms with E-state index in [1.54, 1.807) is 19.2 Å². The molecule has 2 bridgehead atoms. The monoisotopic (exact) mass is 439 g/mol. The molecule has 2 aromatic heterocycles. The molecule has 6 nitrogen and oxygen atoms in total. The number of aromatic nitrogens is 3. The standard InChI is InChI=1S/C23H23ClFN5O/c1-11-27-22-17(23(28-11)30-9-13-4-5-14(10-30)29-13)8-26-21(20(22)25)16-6-15(31)7-18(24)19(16)12-2-3-12/h6-8,12-14,29,31H,2-5,9-10H2,1H3. The average molecular weight is 440 g/mol. The van der Waals surface area contributed by atoms with Crippen molar-refractivity contribution in [3.63, 3.8) is 0 Å². The molecular formula is C23H23ClFN5O. The summed E-state index contributed by atoms with van der Waals surface area (Å²) in [6.45, 7) is 3.49. The first kappa shape index (κ1) is 19.2. The van der Waals surface area contributed by atoms with Crippen LogP contribution >= 0.6 is 11.6 Å². The van der Waals surface area contributed by atoms with Gasteiger partial charge in [0.25, 0.3) is 0 Å². The molecule has 4 heterocycles.